The molecule has 0 saturated carbocycles. The van der Waals surface area contributed by atoms with Crippen molar-refractivity contribution in [3.8, 4) is 6.07 Å². The van der Waals surface area contributed by atoms with Gasteiger partial charge >= 0.3 is 6.09 Å². The maximum absolute atomic E-state index is 15.0. The first kappa shape index (κ1) is 20.9. The molecule has 1 fully saturated rings. The van der Waals surface area contributed by atoms with E-state index in [9.17, 15) is 14.4 Å². The number of piperidine rings is 1. The number of nitrogens with one attached hydrogen (secondary N) is 2. The highest BCUT2D eigenvalue weighted by Crippen LogP contribution is 2.37. The molecule has 156 valence electrons. The van der Waals surface area contributed by atoms with Crippen molar-refractivity contribution in [3.63, 3.8) is 0 Å². The zero-order valence-corrected chi connectivity index (χ0v) is 17.3. The van der Waals surface area contributed by atoms with Gasteiger partial charge in [0.2, 0.25) is 0 Å². The number of nitriles is 1. The number of nitrogens with zero attached hydrogens (tertiary/aromatic N) is 2. The molecule has 1 aromatic heterocycles. The molecule has 0 bridgehead atoms. The molecule has 8 heteroatoms. The Balaban J connectivity index is 1.95. The van der Waals surface area contributed by atoms with E-state index >= 15 is 4.39 Å². The first-order valence-corrected chi connectivity index (χ1v) is 9.62. The number of carbonyl (C=O) groups is 1. The highest BCUT2D eigenvalue weighted by molar-refractivity contribution is 5.99. The minimum absolute atomic E-state index is 0.0992. The van der Waals surface area contributed by atoms with Crippen LogP contribution in [0.15, 0.2) is 6.07 Å². The van der Waals surface area contributed by atoms with E-state index in [4.69, 9.17) is 4.74 Å². The molecule has 1 aliphatic heterocycles. The fraction of sp³-hybridized carbons (Fsp3) is 0.524. The number of halogens is 2. The first-order chi connectivity index (χ1) is 13.5. The fourth-order valence-corrected chi connectivity index (χ4v) is 3.72. The molecule has 1 aliphatic rings. The van der Waals surface area contributed by atoms with Gasteiger partial charge in [-0.2, -0.15) is 5.26 Å². The van der Waals surface area contributed by atoms with Crippen LogP contribution in [0.4, 0.5) is 19.3 Å². The molecule has 0 radical (unpaired) electrons. The number of rotatable bonds is 2. The Bertz CT molecular complexity index is 987. The van der Waals surface area contributed by atoms with Crippen LogP contribution in [0, 0.1) is 31.0 Å². The van der Waals surface area contributed by atoms with Gasteiger partial charge in [-0.15, -0.1) is 0 Å². The van der Waals surface area contributed by atoms with Crippen LogP contribution in [0.2, 0.25) is 0 Å². The molecule has 1 saturated heterocycles. The smallest absolute Gasteiger partial charge is 0.408 e. The molecule has 2 atom stereocenters. The highest BCUT2D eigenvalue weighted by Gasteiger charge is 2.34. The fourth-order valence-electron chi connectivity index (χ4n) is 3.72. The summed E-state index contributed by atoms with van der Waals surface area (Å²) in [6.45, 7) is 9.30. The number of alkyl halides is 1. The SMILES string of the molecule is Cc1[nH]c2c(C#N)cc(F)c(N3CC[C@@H](F)[C@@H](NC(=O)OC(C)(C)C)C3)c2c1C. The van der Waals surface area contributed by atoms with Crippen molar-refractivity contribution in [1.82, 2.24) is 10.3 Å². The molecule has 2 aromatic rings. The van der Waals surface area contributed by atoms with E-state index in [0.717, 1.165) is 11.3 Å². The average molecular weight is 404 g/mol. The van der Waals surface area contributed by atoms with Gasteiger partial charge in [-0.25, -0.2) is 13.6 Å². The Hall–Kier alpha value is -2.82. The minimum atomic E-state index is -1.26. The number of benzene rings is 1. The van der Waals surface area contributed by atoms with E-state index in [2.05, 4.69) is 10.3 Å². The third kappa shape index (κ3) is 4.14. The topological polar surface area (TPSA) is 81.2 Å². The Morgan fingerprint density at radius 1 is 1.41 bits per heavy atom. The van der Waals surface area contributed by atoms with Crippen molar-refractivity contribution in [1.29, 1.82) is 5.26 Å². The van der Waals surface area contributed by atoms with Gasteiger partial charge in [0.05, 0.1) is 22.8 Å². The highest BCUT2D eigenvalue weighted by atomic mass is 19.1. The number of alkyl carbamates (subject to hydrolysis) is 1. The van der Waals surface area contributed by atoms with Crippen LogP contribution in [0.25, 0.3) is 10.9 Å². The summed E-state index contributed by atoms with van der Waals surface area (Å²) in [6, 6.07) is 2.39. The molecular formula is C21H26F2N4O2. The molecule has 0 spiro atoms. The zero-order chi connectivity index (χ0) is 21.5. The summed E-state index contributed by atoms with van der Waals surface area (Å²) in [7, 11) is 0. The number of fused-ring (bicyclic) bond motifs is 1. The van der Waals surface area contributed by atoms with Gasteiger partial charge in [0.15, 0.2) is 0 Å². The minimum Gasteiger partial charge on any atom is -0.444 e. The second-order valence-corrected chi connectivity index (χ2v) is 8.49. The number of hydrogen-bond acceptors (Lipinski definition) is 4. The van der Waals surface area contributed by atoms with Gasteiger partial charge in [-0.1, -0.05) is 0 Å². The number of hydrogen-bond donors (Lipinski definition) is 2. The summed E-state index contributed by atoms with van der Waals surface area (Å²) in [5.41, 5.74) is 2.09. The number of ether oxygens (including phenoxy) is 1. The third-order valence-corrected chi connectivity index (χ3v) is 5.17. The van der Waals surface area contributed by atoms with Crippen molar-refractivity contribution in [2.75, 3.05) is 18.0 Å². The molecule has 2 heterocycles. The van der Waals surface area contributed by atoms with Crippen LogP contribution in [0.3, 0.4) is 0 Å². The van der Waals surface area contributed by atoms with Crippen LogP contribution in [0.1, 0.15) is 44.0 Å². The second kappa shape index (κ2) is 7.54. The van der Waals surface area contributed by atoms with Crippen molar-refractivity contribution in [2.24, 2.45) is 0 Å². The van der Waals surface area contributed by atoms with Gasteiger partial charge in [0.25, 0.3) is 0 Å². The third-order valence-electron chi connectivity index (χ3n) is 5.17. The van der Waals surface area contributed by atoms with Gasteiger partial charge in [-0.3, -0.25) is 0 Å². The van der Waals surface area contributed by atoms with Crippen molar-refractivity contribution < 1.29 is 18.3 Å². The lowest BCUT2D eigenvalue weighted by Gasteiger charge is -2.37. The predicted molar refractivity (Wildman–Crippen MR) is 107 cm³/mol. The summed E-state index contributed by atoms with van der Waals surface area (Å²) >= 11 is 0. The second-order valence-electron chi connectivity index (χ2n) is 8.49. The molecule has 29 heavy (non-hydrogen) atoms. The Labute approximate surface area is 168 Å². The van der Waals surface area contributed by atoms with Crippen LogP contribution in [-0.2, 0) is 4.74 Å². The van der Waals surface area contributed by atoms with Crippen LogP contribution in [-0.4, -0.2) is 42.0 Å². The number of aryl methyl sites for hydroxylation is 2. The van der Waals surface area contributed by atoms with Crippen molar-refractivity contribution >= 4 is 22.7 Å². The summed E-state index contributed by atoms with van der Waals surface area (Å²) in [5, 5.41) is 12.6. The van der Waals surface area contributed by atoms with E-state index in [1.54, 1.807) is 25.7 Å². The standard InChI is InChI=1S/C21H26F2N4O2/c1-11-12(2)25-18-13(9-24)8-15(23)19(17(11)18)27-7-6-14(22)16(10-27)26-20(28)29-21(3,4)5/h8,14,16,25H,6-7,10H2,1-5H3,(H,26,28)/t14-,16+/m1/s1. The lowest BCUT2D eigenvalue weighted by molar-refractivity contribution is 0.0466. The van der Waals surface area contributed by atoms with E-state index in [1.165, 1.54) is 6.07 Å². The number of aromatic nitrogens is 1. The summed E-state index contributed by atoms with van der Waals surface area (Å²) < 4.78 is 34.8. The van der Waals surface area contributed by atoms with Crippen molar-refractivity contribution in [2.45, 2.75) is 58.9 Å². The van der Waals surface area contributed by atoms with E-state index in [1.807, 2.05) is 19.9 Å². The lowest BCUT2D eigenvalue weighted by atomic mass is 9.99. The predicted octanol–water partition coefficient (Wildman–Crippen LogP) is 4.24. The molecule has 6 nitrogen and oxygen atoms in total. The van der Waals surface area contributed by atoms with Gasteiger partial charge < -0.3 is 19.9 Å². The zero-order valence-electron chi connectivity index (χ0n) is 17.3. The average Bonchev–Trinajstić information content (AvgIpc) is 2.90. The van der Waals surface area contributed by atoms with E-state index in [-0.39, 0.29) is 18.5 Å². The summed E-state index contributed by atoms with van der Waals surface area (Å²) in [5.74, 6) is -0.538. The van der Waals surface area contributed by atoms with Gasteiger partial charge in [-0.05, 0) is 52.7 Å². The largest absolute Gasteiger partial charge is 0.444 e. The maximum Gasteiger partial charge on any atom is 0.408 e. The number of aromatic amines is 1. The monoisotopic (exact) mass is 404 g/mol. The number of amides is 1. The Morgan fingerprint density at radius 2 is 2.10 bits per heavy atom. The Morgan fingerprint density at radius 3 is 2.72 bits per heavy atom. The normalized spacial score (nSPS) is 19.9. The van der Waals surface area contributed by atoms with Crippen LogP contribution < -0.4 is 10.2 Å². The molecule has 0 aliphatic carbocycles. The maximum atomic E-state index is 15.0. The molecule has 1 aromatic carbocycles. The van der Waals surface area contributed by atoms with Gasteiger partial charge in [0.1, 0.15) is 23.7 Å². The number of anilines is 1. The van der Waals surface area contributed by atoms with Crippen molar-refractivity contribution in [3.05, 3.63) is 28.7 Å². The molecule has 2 N–H and O–H groups in total. The number of H-pyrrole nitrogens is 1. The van der Waals surface area contributed by atoms with E-state index < -0.39 is 29.7 Å². The van der Waals surface area contributed by atoms with E-state index in [0.29, 0.717) is 23.1 Å². The number of carbonyl (C=O) groups excluding carboxylic acids is 1. The molecule has 3 rings (SSSR count). The Kier molecular flexibility index (Phi) is 5.44. The first-order valence-electron chi connectivity index (χ1n) is 9.62. The van der Waals surface area contributed by atoms with Gasteiger partial charge in [0, 0.05) is 24.2 Å². The lowest BCUT2D eigenvalue weighted by Crippen LogP contribution is -2.54. The van der Waals surface area contributed by atoms with Crippen LogP contribution in [0.5, 0.6) is 0 Å². The summed E-state index contributed by atoms with van der Waals surface area (Å²) in [6.07, 6.45) is -1.82. The summed E-state index contributed by atoms with van der Waals surface area (Å²) in [4.78, 5) is 17.0. The van der Waals surface area contributed by atoms with Crippen LogP contribution >= 0.6 is 0 Å². The molecular weight excluding hydrogens is 378 g/mol. The quantitative estimate of drug-likeness (QED) is 0.785. The molecule has 0 unspecified atom stereocenters. The molecule has 1 amide bonds.